The number of nitrogens with zero attached hydrogens (tertiary/aromatic N) is 1. The number of carbonyl (C=O) groups excluding carboxylic acids is 1. The molecular formula is C20H19Cl3F2N2O. The van der Waals surface area contributed by atoms with E-state index in [4.69, 9.17) is 34.8 Å². The number of halogens is 5. The summed E-state index contributed by atoms with van der Waals surface area (Å²) in [5, 5.41) is 3.92. The summed E-state index contributed by atoms with van der Waals surface area (Å²) in [6.45, 7) is 0.733. The fraction of sp³-hybridized carbons (Fsp3) is 0.350. The summed E-state index contributed by atoms with van der Waals surface area (Å²) in [5.41, 5.74) is 1.17. The summed E-state index contributed by atoms with van der Waals surface area (Å²) in [6.07, 6.45) is -0.406. The molecule has 0 aromatic heterocycles. The van der Waals surface area contributed by atoms with Gasteiger partial charge in [0.2, 0.25) is 0 Å². The molecule has 1 atom stereocenters. The number of hydrogen-bond acceptors (Lipinski definition) is 2. The molecule has 1 amide bonds. The highest BCUT2D eigenvalue weighted by Crippen LogP contribution is 2.33. The van der Waals surface area contributed by atoms with Gasteiger partial charge in [-0.2, -0.15) is 0 Å². The van der Waals surface area contributed by atoms with Gasteiger partial charge in [0.15, 0.2) is 0 Å². The molecule has 3 nitrogen and oxygen atoms in total. The number of piperidine rings is 1. The van der Waals surface area contributed by atoms with Gasteiger partial charge in [0, 0.05) is 37.5 Å². The number of rotatable bonds is 5. The third-order valence-electron chi connectivity index (χ3n) is 4.88. The van der Waals surface area contributed by atoms with Crippen molar-refractivity contribution in [2.24, 2.45) is 0 Å². The standard InChI is InChI=1S/C20H19Cl3F2N2O/c21-14-6-4-13(5-7-14)17(27-10-8-20(24,25)9-11-27)12-26-19(28)15-2-1-3-16(22)18(15)23/h1-7,17H,8-12H2,(H,26,28). The molecule has 1 fully saturated rings. The second-order valence-electron chi connectivity index (χ2n) is 6.77. The number of amides is 1. The Bertz CT molecular complexity index is 836. The van der Waals surface area contributed by atoms with Gasteiger partial charge in [0.1, 0.15) is 0 Å². The number of likely N-dealkylation sites (tertiary alicyclic amines) is 1. The van der Waals surface area contributed by atoms with Crippen molar-refractivity contribution in [2.75, 3.05) is 19.6 Å². The highest BCUT2D eigenvalue weighted by atomic mass is 35.5. The highest BCUT2D eigenvalue weighted by Gasteiger charge is 2.36. The number of alkyl halides is 2. The van der Waals surface area contributed by atoms with E-state index in [1.165, 1.54) is 0 Å². The topological polar surface area (TPSA) is 32.3 Å². The first-order chi connectivity index (χ1) is 13.3. The van der Waals surface area contributed by atoms with Crippen LogP contribution in [0.2, 0.25) is 15.1 Å². The van der Waals surface area contributed by atoms with Crippen LogP contribution in [0.25, 0.3) is 0 Å². The first-order valence-electron chi connectivity index (χ1n) is 8.86. The third kappa shape index (κ3) is 5.15. The molecule has 1 unspecified atom stereocenters. The zero-order valence-corrected chi connectivity index (χ0v) is 17.2. The van der Waals surface area contributed by atoms with E-state index in [-0.39, 0.29) is 55.0 Å². The van der Waals surface area contributed by atoms with Crippen LogP contribution in [0, 0.1) is 0 Å². The maximum absolute atomic E-state index is 13.6. The summed E-state index contributed by atoms with van der Waals surface area (Å²) in [6, 6.07) is 11.8. The van der Waals surface area contributed by atoms with Crippen LogP contribution >= 0.6 is 34.8 Å². The molecule has 28 heavy (non-hydrogen) atoms. The lowest BCUT2D eigenvalue weighted by molar-refractivity contribution is -0.0632. The Morgan fingerprint density at radius 2 is 1.71 bits per heavy atom. The molecule has 0 saturated carbocycles. The average molecular weight is 448 g/mol. The van der Waals surface area contributed by atoms with E-state index in [0.29, 0.717) is 10.0 Å². The normalized spacial score (nSPS) is 17.9. The van der Waals surface area contributed by atoms with Crippen LogP contribution < -0.4 is 5.32 Å². The molecule has 2 aromatic carbocycles. The Labute approximate surface area is 177 Å². The largest absolute Gasteiger partial charge is 0.350 e. The number of benzene rings is 2. The van der Waals surface area contributed by atoms with Crippen LogP contribution in [-0.4, -0.2) is 36.4 Å². The molecule has 1 heterocycles. The van der Waals surface area contributed by atoms with Crippen molar-refractivity contribution in [2.45, 2.75) is 24.8 Å². The predicted octanol–water partition coefficient (Wildman–Crippen LogP) is 5.85. The van der Waals surface area contributed by atoms with Gasteiger partial charge >= 0.3 is 0 Å². The summed E-state index contributed by atoms with van der Waals surface area (Å²) < 4.78 is 27.1. The van der Waals surface area contributed by atoms with Gasteiger partial charge in [-0.1, -0.05) is 53.0 Å². The molecule has 0 spiro atoms. The summed E-state index contributed by atoms with van der Waals surface area (Å²) in [4.78, 5) is 14.5. The van der Waals surface area contributed by atoms with Crippen LogP contribution in [0.1, 0.15) is 34.8 Å². The van der Waals surface area contributed by atoms with Gasteiger partial charge in [-0.3, -0.25) is 9.69 Å². The molecule has 1 N–H and O–H groups in total. The smallest absolute Gasteiger partial charge is 0.252 e. The Morgan fingerprint density at radius 3 is 2.36 bits per heavy atom. The zero-order chi connectivity index (χ0) is 20.3. The van der Waals surface area contributed by atoms with E-state index in [9.17, 15) is 13.6 Å². The molecular weight excluding hydrogens is 429 g/mol. The maximum atomic E-state index is 13.6. The minimum absolute atomic E-state index is 0.183. The Hall–Kier alpha value is -1.40. The number of carbonyl (C=O) groups is 1. The minimum Gasteiger partial charge on any atom is -0.350 e. The Morgan fingerprint density at radius 1 is 1.07 bits per heavy atom. The monoisotopic (exact) mass is 446 g/mol. The van der Waals surface area contributed by atoms with E-state index in [0.717, 1.165) is 5.56 Å². The third-order valence-corrected chi connectivity index (χ3v) is 5.95. The molecule has 1 aliphatic rings. The van der Waals surface area contributed by atoms with Crippen molar-refractivity contribution in [3.63, 3.8) is 0 Å². The first-order valence-corrected chi connectivity index (χ1v) is 10.00. The van der Waals surface area contributed by atoms with Crippen LogP contribution in [0.3, 0.4) is 0 Å². The Balaban J connectivity index is 1.76. The molecule has 8 heteroatoms. The fourth-order valence-corrected chi connectivity index (χ4v) is 3.78. The second kappa shape index (κ2) is 8.95. The van der Waals surface area contributed by atoms with Crippen molar-refractivity contribution in [1.82, 2.24) is 10.2 Å². The quantitative estimate of drug-likeness (QED) is 0.623. The lowest BCUT2D eigenvalue weighted by atomic mass is 9.99. The lowest BCUT2D eigenvalue weighted by Crippen LogP contribution is -2.45. The van der Waals surface area contributed by atoms with Crippen molar-refractivity contribution in [3.05, 3.63) is 68.7 Å². The molecule has 1 aliphatic heterocycles. The number of hydrogen-bond donors (Lipinski definition) is 1. The maximum Gasteiger partial charge on any atom is 0.252 e. The average Bonchev–Trinajstić information content (AvgIpc) is 2.66. The van der Waals surface area contributed by atoms with E-state index >= 15 is 0 Å². The molecule has 150 valence electrons. The van der Waals surface area contributed by atoms with Gasteiger partial charge in [-0.15, -0.1) is 0 Å². The van der Waals surface area contributed by atoms with Crippen LogP contribution in [-0.2, 0) is 0 Å². The van der Waals surface area contributed by atoms with Crippen LogP contribution in [0.4, 0.5) is 8.78 Å². The number of nitrogens with one attached hydrogen (secondary N) is 1. The van der Waals surface area contributed by atoms with Crippen LogP contribution in [0.15, 0.2) is 42.5 Å². The van der Waals surface area contributed by atoms with Gasteiger partial charge < -0.3 is 5.32 Å². The molecule has 2 aromatic rings. The van der Waals surface area contributed by atoms with E-state index in [1.807, 2.05) is 17.0 Å². The first kappa shape index (κ1) is 21.3. The lowest BCUT2D eigenvalue weighted by Gasteiger charge is -2.37. The fourth-order valence-electron chi connectivity index (χ4n) is 3.27. The van der Waals surface area contributed by atoms with Crippen molar-refractivity contribution in [1.29, 1.82) is 0 Å². The van der Waals surface area contributed by atoms with Gasteiger partial charge in [0.05, 0.1) is 21.7 Å². The second-order valence-corrected chi connectivity index (χ2v) is 7.99. The Kier molecular flexibility index (Phi) is 6.81. The van der Waals surface area contributed by atoms with Gasteiger partial charge in [-0.25, -0.2) is 8.78 Å². The molecule has 3 rings (SSSR count). The van der Waals surface area contributed by atoms with Crippen molar-refractivity contribution in [3.8, 4) is 0 Å². The molecule has 1 saturated heterocycles. The predicted molar refractivity (Wildman–Crippen MR) is 109 cm³/mol. The molecule has 0 aliphatic carbocycles. The zero-order valence-electron chi connectivity index (χ0n) is 14.9. The highest BCUT2D eigenvalue weighted by molar-refractivity contribution is 6.43. The summed E-state index contributed by atoms with van der Waals surface area (Å²) >= 11 is 18.1. The van der Waals surface area contributed by atoms with Crippen molar-refractivity contribution >= 4 is 40.7 Å². The van der Waals surface area contributed by atoms with Gasteiger partial charge in [0.25, 0.3) is 11.8 Å². The van der Waals surface area contributed by atoms with E-state index in [1.54, 1.807) is 30.3 Å². The van der Waals surface area contributed by atoms with E-state index < -0.39 is 5.92 Å². The molecule has 0 radical (unpaired) electrons. The van der Waals surface area contributed by atoms with Gasteiger partial charge in [-0.05, 0) is 29.8 Å². The SMILES string of the molecule is O=C(NCC(c1ccc(Cl)cc1)N1CCC(F)(F)CC1)c1cccc(Cl)c1Cl. The van der Waals surface area contributed by atoms with Crippen molar-refractivity contribution < 1.29 is 13.6 Å². The summed E-state index contributed by atoms with van der Waals surface area (Å²) in [5.74, 6) is -3.01. The molecule has 0 bridgehead atoms. The minimum atomic E-state index is -2.64. The van der Waals surface area contributed by atoms with E-state index in [2.05, 4.69) is 5.32 Å². The summed E-state index contributed by atoms with van der Waals surface area (Å²) in [7, 11) is 0. The van der Waals surface area contributed by atoms with Crippen LogP contribution in [0.5, 0.6) is 0 Å².